The Kier molecular flexibility index (Phi) is 4.11. The summed E-state index contributed by atoms with van der Waals surface area (Å²) in [4.78, 5) is 6.74. The fourth-order valence-corrected chi connectivity index (χ4v) is 4.18. The largest absolute Gasteiger partial charge is 0.290 e. The molecule has 3 rings (SSSR count). The van der Waals surface area contributed by atoms with Crippen LogP contribution in [0.4, 0.5) is 0 Å². The third kappa shape index (κ3) is 3.09. The van der Waals surface area contributed by atoms with E-state index >= 15 is 0 Å². The van der Waals surface area contributed by atoms with Gasteiger partial charge in [0.1, 0.15) is 6.10 Å². The molecule has 2 nitrogen and oxygen atoms in total. The maximum atomic E-state index is 6.74. The molecular weight excluding hydrogens is 270 g/mol. The van der Waals surface area contributed by atoms with Crippen LogP contribution in [0, 0.1) is 11.8 Å². The van der Waals surface area contributed by atoms with Gasteiger partial charge in [-0.1, -0.05) is 37.3 Å². The highest BCUT2D eigenvalue weighted by Gasteiger charge is 2.48. The van der Waals surface area contributed by atoms with Crippen molar-refractivity contribution in [2.45, 2.75) is 77.5 Å². The maximum absolute atomic E-state index is 6.74. The summed E-state index contributed by atoms with van der Waals surface area (Å²) in [6.07, 6.45) is 5.19. The lowest BCUT2D eigenvalue weighted by atomic mass is 9.82. The van der Waals surface area contributed by atoms with Gasteiger partial charge in [0, 0.05) is 11.1 Å². The highest BCUT2D eigenvalue weighted by Crippen LogP contribution is 2.51. The molecule has 1 aliphatic heterocycles. The zero-order chi connectivity index (χ0) is 16.0. The number of benzene rings is 1. The maximum Gasteiger partial charge on any atom is 0.107 e. The van der Waals surface area contributed by atoms with Crippen LogP contribution < -0.4 is 0 Å². The molecule has 2 aliphatic rings. The average molecular weight is 301 g/mol. The van der Waals surface area contributed by atoms with Gasteiger partial charge in [0.15, 0.2) is 0 Å². The predicted molar refractivity (Wildman–Crippen MR) is 91.4 cm³/mol. The van der Waals surface area contributed by atoms with Crippen molar-refractivity contribution < 1.29 is 4.84 Å². The quantitative estimate of drug-likeness (QED) is 0.742. The second-order valence-electron chi connectivity index (χ2n) is 8.59. The zero-order valence-electron chi connectivity index (χ0n) is 14.8. The molecule has 1 aromatic rings. The summed E-state index contributed by atoms with van der Waals surface area (Å²) < 4.78 is 0. The Bertz CT molecular complexity index is 492. The summed E-state index contributed by atoms with van der Waals surface area (Å²) in [6.45, 7) is 11.6. The van der Waals surface area contributed by atoms with Gasteiger partial charge in [0.05, 0.1) is 0 Å². The van der Waals surface area contributed by atoms with Crippen LogP contribution in [0.25, 0.3) is 0 Å². The molecule has 122 valence electrons. The van der Waals surface area contributed by atoms with Crippen LogP contribution in [0.15, 0.2) is 30.3 Å². The molecule has 1 saturated heterocycles. The molecule has 0 radical (unpaired) electrons. The Labute approximate surface area is 135 Å². The van der Waals surface area contributed by atoms with Crippen molar-refractivity contribution in [2.24, 2.45) is 11.8 Å². The zero-order valence-corrected chi connectivity index (χ0v) is 14.8. The monoisotopic (exact) mass is 301 g/mol. The Balaban J connectivity index is 1.86. The molecule has 0 spiro atoms. The van der Waals surface area contributed by atoms with Gasteiger partial charge in [-0.15, -0.1) is 0 Å². The lowest BCUT2D eigenvalue weighted by Crippen LogP contribution is -2.58. The molecular formula is C20H31NO. The molecule has 0 amide bonds. The topological polar surface area (TPSA) is 12.5 Å². The van der Waals surface area contributed by atoms with Crippen molar-refractivity contribution in [3.8, 4) is 0 Å². The first-order chi connectivity index (χ1) is 10.3. The summed E-state index contributed by atoms with van der Waals surface area (Å²) in [7, 11) is 0. The van der Waals surface area contributed by atoms with Crippen LogP contribution in [-0.4, -0.2) is 16.1 Å². The van der Waals surface area contributed by atoms with E-state index in [4.69, 9.17) is 4.84 Å². The first-order valence-corrected chi connectivity index (χ1v) is 8.83. The molecule has 3 atom stereocenters. The van der Waals surface area contributed by atoms with Crippen molar-refractivity contribution in [3.63, 3.8) is 0 Å². The van der Waals surface area contributed by atoms with Gasteiger partial charge in [-0.2, -0.15) is 5.06 Å². The molecule has 2 fully saturated rings. The van der Waals surface area contributed by atoms with Crippen LogP contribution in [0.2, 0.25) is 0 Å². The molecule has 0 N–H and O–H groups in total. The van der Waals surface area contributed by atoms with E-state index in [1.165, 1.54) is 31.2 Å². The summed E-state index contributed by atoms with van der Waals surface area (Å²) >= 11 is 0. The van der Waals surface area contributed by atoms with Crippen molar-refractivity contribution in [1.82, 2.24) is 5.06 Å². The van der Waals surface area contributed by atoms with Crippen molar-refractivity contribution in [2.75, 3.05) is 0 Å². The molecule has 2 heteroatoms. The van der Waals surface area contributed by atoms with Crippen LogP contribution in [0.5, 0.6) is 0 Å². The molecule has 0 unspecified atom stereocenters. The third-order valence-electron chi connectivity index (χ3n) is 5.58. The average Bonchev–Trinajstić information content (AvgIpc) is 3.15. The van der Waals surface area contributed by atoms with Gasteiger partial charge in [-0.3, -0.25) is 4.84 Å². The Morgan fingerprint density at radius 3 is 2.09 bits per heavy atom. The van der Waals surface area contributed by atoms with Crippen LogP contribution in [0.3, 0.4) is 0 Å². The number of piperidine rings is 1. The Hall–Kier alpha value is -0.860. The lowest BCUT2D eigenvalue weighted by Gasteiger charge is -2.52. The second-order valence-corrected chi connectivity index (χ2v) is 8.59. The van der Waals surface area contributed by atoms with Gasteiger partial charge in [0.2, 0.25) is 0 Å². The van der Waals surface area contributed by atoms with Gasteiger partial charge in [0.25, 0.3) is 0 Å². The molecule has 1 aromatic carbocycles. The summed E-state index contributed by atoms with van der Waals surface area (Å²) in [5.41, 5.74) is 1.54. The number of rotatable bonds is 4. The predicted octanol–water partition coefficient (Wildman–Crippen LogP) is 5.36. The van der Waals surface area contributed by atoms with Crippen molar-refractivity contribution in [3.05, 3.63) is 35.9 Å². The number of nitrogens with zero attached hydrogens (tertiary/aromatic N) is 1. The van der Waals surface area contributed by atoms with Crippen molar-refractivity contribution >= 4 is 0 Å². The first kappa shape index (κ1) is 16.0. The van der Waals surface area contributed by atoms with Crippen LogP contribution in [-0.2, 0) is 4.84 Å². The number of hydrogen-bond acceptors (Lipinski definition) is 2. The van der Waals surface area contributed by atoms with E-state index in [9.17, 15) is 0 Å². The molecule has 0 aromatic heterocycles. The fraction of sp³-hybridized carbons (Fsp3) is 0.700. The minimum absolute atomic E-state index is 0.104. The summed E-state index contributed by atoms with van der Waals surface area (Å²) in [6, 6.07) is 10.8. The van der Waals surface area contributed by atoms with E-state index in [0.717, 1.165) is 5.92 Å². The standard InChI is InChI=1S/C20H31NO/c1-15-14-17(15)18(16-10-7-6-8-11-16)22-21-19(2,3)12-9-13-20(21,4)5/h6-8,10-11,15,17-18H,9,12-14H2,1-5H3/t15-,17+,18-/m0/s1. The smallest absolute Gasteiger partial charge is 0.107 e. The van der Waals surface area contributed by atoms with E-state index in [0.29, 0.717) is 5.92 Å². The number of hydrogen-bond donors (Lipinski definition) is 0. The number of hydroxylamine groups is 2. The molecule has 0 bridgehead atoms. The highest BCUT2D eigenvalue weighted by atomic mass is 16.7. The SMILES string of the molecule is C[C@H]1C[C@H]1[C@@H](ON1C(C)(C)CCCC1(C)C)c1ccccc1. The highest BCUT2D eigenvalue weighted by molar-refractivity contribution is 5.20. The molecule has 1 aliphatic carbocycles. The van der Waals surface area contributed by atoms with E-state index < -0.39 is 0 Å². The summed E-state index contributed by atoms with van der Waals surface area (Å²) in [5.74, 6) is 1.44. The van der Waals surface area contributed by atoms with E-state index in [2.05, 4.69) is 70.0 Å². The van der Waals surface area contributed by atoms with Crippen molar-refractivity contribution in [1.29, 1.82) is 0 Å². The fourth-order valence-electron chi connectivity index (χ4n) is 4.18. The summed E-state index contributed by atoms with van der Waals surface area (Å²) in [5, 5.41) is 2.33. The van der Waals surface area contributed by atoms with Gasteiger partial charge < -0.3 is 0 Å². The van der Waals surface area contributed by atoms with Crippen LogP contribution in [0.1, 0.15) is 72.0 Å². The van der Waals surface area contributed by atoms with Crippen LogP contribution >= 0.6 is 0 Å². The van der Waals surface area contributed by atoms with E-state index in [-0.39, 0.29) is 17.2 Å². The van der Waals surface area contributed by atoms with Gasteiger partial charge >= 0.3 is 0 Å². The Morgan fingerprint density at radius 2 is 1.59 bits per heavy atom. The normalized spacial score (nSPS) is 31.7. The first-order valence-electron chi connectivity index (χ1n) is 8.83. The van der Waals surface area contributed by atoms with Gasteiger partial charge in [-0.25, -0.2) is 0 Å². The van der Waals surface area contributed by atoms with E-state index in [1.54, 1.807) is 0 Å². The lowest BCUT2D eigenvalue weighted by molar-refractivity contribution is -0.311. The molecule has 1 heterocycles. The molecule has 22 heavy (non-hydrogen) atoms. The third-order valence-corrected chi connectivity index (χ3v) is 5.58. The Morgan fingerprint density at radius 1 is 1.05 bits per heavy atom. The minimum Gasteiger partial charge on any atom is -0.290 e. The van der Waals surface area contributed by atoms with E-state index in [1.807, 2.05) is 0 Å². The minimum atomic E-state index is 0.104. The van der Waals surface area contributed by atoms with Gasteiger partial charge in [-0.05, 0) is 70.8 Å². The molecule has 1 saturated carbocycles. The second kappa shape index (κ2) is 5.65.